The molecule has 118 valence electrons. The lowest BCUT2D eigenvalue weighted by molar-refractivity contribution is -0.126. The van der Waals surface area contributed by atoms with Gasteiger partial charge in [0.15, 0.2) is 0 Å². The van der Waals surface area contributed by atoms with Crippen LogP contribution in [0.2, 0.25) is 0 Å². The third kappa shape index (κ3) is 6.10. The van der Waals surface area contributed by atoms with E-state index in [2.05, 4.69) is 56.6 Å². The molecular formula is C17H28N2OS. The average Bonchev–Trinajstić information content (AvgIpc) is 2.43. The lowest BCUT2D eigenvalue weighted by atomic mass is 9.84. The number of amides is 1. The molecule has 3 N–H and O–H groups in total. The summed E-state index contributed by atoms with van der Waals surface area (Å²) in [5, 5.41) is 3.08. The van der Waals surface area contributed by atoms with E-state index in [0.717, 1.165) is 12.0 Å². The maximum absolute atomic E-state index is 12.4. The van der Waals surface area contributed by atoms with E-state index >= 15 is 0 Å². The molecule has 0 aliphatic rings. The minimum absolute atomic E-state index is 0.00224. The van der Waals surface area contributed by atoms with Crippen LogP contribution in [0.25, 0.3) is 0 Å². The molecule has 2 atom stereocenters. The summed E-state index contributed by atoms with van der Waals surface area (Å²) >= 11 is 1.71. The summed E-state index contributed by atoms with van der Waals surface area (Å²) in [6.07, 6.45) is 2.85. The first kappa shape index (κ1) is 18.1. The molecule has 0 fully saturated rings. The zero-order chi connectivity index (χ0) is 16.0. The van der Waals surface area contributed by atoms with Crippen molar-refractivity contribution in [2.75, 3.05) is 12.8 Å². The van der Waals surface area contributed by atoms with Gasteiger partial charge in [-0.15, -0.1) is 11.8 Å². The minimum atomic E-state index is -0.127. The van der Waals surface area contributed by atoms with E-state index < -0.39 is 0 Å². The molecule has 0 spiro atoms. The van der Waals surface area contributed by atoms with Gasteiger partial charge in [-0.05, 0) is 42.7 Å². The SMILES string of the molecule is CSc1ccc(C(C)NC(=O)C(CN)CC(C)(C)C)cc1. The van der Waals surface area contributed by atoms with Gasteiger partial charge in [0.2, 0.25) is 5.91 Å². The van der Waals surface area contributed by atoms with Crippen molar-refractivity contribution in [3.63, 3.8) is 0 Å². The average molecular weight is 308 g/mol. The Morgan fingerprint density at radius 2 is 1.86 bits per heavy atom. The zero-order valence-corrected chi connectivity index (χ0v) is 14.6. The fourth-order valence-corrected chi connectivity index (χ4v) is 2.74. The van der Waals surface area contributed by atoms with Gasteiger partial charge in [0.25, 0.3) is 0 Å². The molecule has 0 saturated carbocycles. The van der Waals surface area contributed by atoms with Crippen LogP contribution in [0, 0.1) is 11.3 Å². The maximum Gasteiger partial charge on any atom is 0.224 e. The van der Waals surface area contributed by atoms with Crippen LogP contribution in [0.1, 0.15) is 45.7 Å². The van der Waals surface area contributed by atoms with E-state index in [1.165, 1.54) is 4.90 Å². The third-order valence-corrected chi connectivity index (χ3v) is 4.23. The highest BCUT2D eigenvalue weighted by Crippen LogP contribution is 2.25. The highest BCUT2D eigenvalue weighted by atomic mass is 32.2. The first-order chi connectivity index (χ1) is 9.76. The van der Waals surface area contributed by atoms with E-state index in [1.807, 2.05) is 6.92 Å². The molecule has 0 bridgehead atoms. The van der Waals surface area contributed by atoms with Crippen LogP contribution in [0.4, 0.5) is 0 Å². The highest BCUT2D eigenvalue weighted by Gasteiger charge is 2.24. The van der Waals surface area contributed by atoms with Crippen LogP contribution in [0.3, 0.4) is 0 Å². The standard InChI is InChI=1S/C17H28N2OS/c1-12(13-6-8-15(21-5)9-7-13)19-16(20)14(11-18)10-17(2,3)4/h6-9,12,14H,10-11,18H2,1-5H3,(H,19,20). The Hall–Kier alpha value is -1.00. The van der Waals surface area contributed by atoms with Crippen molar-refractivity contribution in [2.45, 2.75) is 45.1 Å². The number of thioether (sulfide) groups is 1. The Morgan fingerprint density at radius 3 is 2.29 bits per heavy atom. The van der Waals surface area contributed by atoms with Gasteiger partial charge in [0.05, 0.1) is 12.0 Å². The second kappa shape index (κ2) is 7.85. The topological polar surface area (TPSA) is 55.1 Å². The number of rotatable bonds is 6. The molecule has 1 aromatic rings. The van der Waals surface area contributed by atoms with Gasteiger partial charge in [-0.2, -0.15) is 0 Å². The molecule has 0 saturated heterocycles. The van der Waals surface area contributed by atoms with Gasteiger partial charge >= 0.3 is 0 Å². The Labute approximate surface area is 133 Å². The van der Waals surface area contributed by atoms with Crippen LogP contribution >= 0.6 is 11.8 Å². The van der Waals surface area contributed by atoms with Crippen molar-refractivity contribution >= 4 is 17.7 Å². The first-order valence-corrected chi connectivity index (χ1v) is 8.63. The van der Waals surface area contributed by atoms with Gasteiger partial charge in [-0.1, -0.05) is 32.9 Å². The normalized spacial score (nSPS) is 14.6. The van der Waals surface area contributed by atoms with Crippen LogP contribution in [-0.2, 0) is 4.79 Å². The summed E-state index contributed by atoms with van der Waals surface area (Å²) in [5.41, 5.74) is 6.99. The van der Waals surface area contributed by atoms with Gasteiger partial charge < -0.3 is 11.1 Å². The van der Waals surface area contributed by atoms with Crippen molar-refractivity contribution in [2.24, 2.45) is 17.1 Å². The van der Waals surface area contributed by atoms with Crippen molar-refractivity contribution in [3.05, 3.63) is 29.8 Å². The number of hydrogen-bond donors (Lipinski definition) is 2. The molecule has 0 aliphatic carbocycles. The summed E-state index contributed by atoms with van der Waals surface area (Å²) in [4.78, 5) is 13.6. The van der Waals surface area contributed by atoms with Crippen molar-refractivity contribution in [1.82, 2.24) is 5.32 Å². The number of benzene rings is 1. The Bertz CT molecular complexity index is 451. The molecule has 21 heavy (non-hydrogen) atoms. The Balaban J connectivity index is 2.67. The fourth-order valence-electron chi connectivity index (χ4n) is 2.33. The number of nitrogens with one attached hydrogen (secondary N) is 1. The van der Waals surface area contributed by atoms with E-state index in [9.17, 15) is 4.79 Å². The molecule has 1 aromatic carbocycles. The molecule has 4 heteroatoms. The zero-order valence-electron chi connectivity index (χ0n) is 13.8. The van der Waals surface area contributed by atoms with Crippen molar-refractivity contribution in [1.29, 1.82) is 0 Å². The third-order valence-electron chi connectivity index (χ3n) is 3.49. The first-order valence-electron chi connectivity index (χ1n) is 7.41. The molecule has 0 heterocycles. The lowest BCUT2D eigenvalue weighted by Crippen LogP contribution is -2.38. The quantitative estimate of drug-likeness (QED) is 0.790. The Morgan fingerprint density at radius 1 is 1.29 bits per heavy atom. The second-order valence-electron chi connectivity index (χ2n) is 6.70. The molecular weight excluding hydrogens is 280 g/mol. The summed E-state index contributed by atoms with van der Waals surface area (Å²) in [6, 6.07) is 8.30. The lowest BCUT2D eigenvalue weighted by Gasteiger charge is -2.26. The van der Waals surface area contributed by atoms with E-state index in [4.69, 9.17) is 5.73 Å². The number of hydrogen-bond acceptors (Lipinski definition) is 3. The van der Waals surface area contributed by atoms with E-state index in [-0.39, 0.29) is 23.3 Å². The predicted molar refractivity (Wildman–Crippen MR) is 91.4 cm³/mol. The van der Waals surface area contributed by atoms with Crippen LogP contribution in [0.15, 0.2) is 29.2 Å². The highest BCUT2D eigenvalue weighted by molar-refractivity contribution is 7.98. The van der Waals surface area contributed by atoms with Gasteiger partial charge in [0, 0.05) is 11.4 Å². The second-order valence-corrected chi connectivity index (χ2v) is 7.58. The number of carbonyl (C=O) groups is 1. The van der Waals surface area contributed by atoms with Crippen molar-refractivity contribution < 1.29 is 4.79 Å². The maximum atomic E-state index is 12.4. The molecule has 0 radical (unpaired) electrons. The Kier molecular flexibility index (Phi) is 6.75. The molecule has 0 aromatic heterocycles. The summed E-state index contributed by atoms with van der Waals surface area (Å²) in [5.74, 6) is -0.0770. The van der Waals surface area contributed by atoms with Gasteiger partial charge in [-0.25, -0.2) is 0 Å². The van der Waals surface area contributed by atoms with Gasteiger partial charge in [0.1, 0.15) is 0 Å². The molecule has 3 nitrogen and oxygen atoms in total. The van der Waals surface area contributed by atoms with E-state index in [1.54, 1.807) is 11.8 Å². The largest absolute Gasteiger partial charge is 0.349 e. The molecule has 0 aliphatic heterocycles. The number of carbonyl (C=O) groups excluding carboxylic acids is 1. The summed E-state index contributed by atoms with van der Waals surface area (Å²) < 4.78 is 0. The van der Waals surface area contributed by atoms with Crippen LogP contribution in [0.5, 0.6) is 0 Å². The fraction of sp³-hybridized carbons (Fsp3) is 0.588. The monoisotopic (exact) mass is 308 g/mol. The number of nitrogens with two attached hydrogens (primary N) is 1. The van der Waals surface area contributed by atoms with Crippen LogP contribution in [-0.4, -0.2) is 18.7 Å². The molecule has 1 amide bonds. The van der Waals surface area contributed by atoms with Crippen LogP contribution < -0.4 is 11.1 Å². The van der Waals surface area contributed by atoms with Gasteiger partial charge in [-0.3, -0.25) is 4.79 Å². The summed E-state index contributed by atoms with van der Waals surface area (Å²) in [7, 11) is 0. The molecule has 1 rings (SSSR count). The smallest absolute Gasteiger partial charge is 0.224 e. The summed E-state index contributed by atoms with van der Waals surface area (Å²) in [6.45, 7) is 8.80. The van der Waals surface area contributed by atoms with E-state index in [0.29, 0.717) is 6.54 Å². The van der Waals surface area contributed by atoms with Crippen molar-refractivity contribution in [3.8, 4) is 0 Å². The predicted octanol–water partition coefficient (Wildman–Crippen LogP) is 3.60. The minimum Gasteiger partial charge on any atom is -0.349 e. The molecule has 2 unspecified atom stereocenters.